The monoisotopic (exact) mass is 501 g/mol. The van der Waals surface area contributed by atoms with E-state index >= 15 is 0 Å². The van der Waals surface area contributed by atoms with E-state index in [1.165, 1.54) is 36.3 Å². The molecule has 2 aromatic carbocycles. The third kappa shape index (κ3) is 6.33. The van der Waals surface area contributed by atoms with Gasteiger partial charge in [-0.15, -0.1) is 23.5 Å². The Hall–Kier alpha value is -2.52. The van der Waals surface area contributed by atoms with Crippen molar-refractivity contribution in [3.8, 4) is 17.2 Å². The number of anilines is 1. The van der Waals surface area contributed by atoms with Crippen molar-refractivity contribution in [2.45, 2.75) is 23.8 Å². The van der Waals surface area contributed by atoms with Crippen molar-refractivity contribution in [1.29, 1.82) is 0 Å². The quantitative estimate of drug-likeness (QED) is 0.394. The van der Waals surface area contributed by atoms with Crippen molar-refractivity contribution in [1.82, 2.24) is 5.43 Å². The largest absolute Gasteiger partial charge is 0.496 e. The second-order valence-corrected chi connectivity index (χ2v) is 10.8. The van der Waals surface area contributed by atoms with Gasteiger partial charge in [-0.2, -0.15) is 5.10 Å². The zero-order valence-electron chi connectivity index (χ0n) is 19.6. The molecule has 4 rings (SSSR count). The molecule has 2 heterocycles. The summed E-state index contributed by atoms with van der Waals surface area (Å²) in [6.45, 7) is 1.90. The van der Waals surface area contributed by atoms with Crippen LogP contribution in [0.1, 0.15) is 35.0 Å². The van der Waals surface area contributed by atoms with Gasteiger partial charge >= 0.3 is 0 Å². The number of nitrogens with zero attached hydrogens (tertiary/aromatic N) is 2. The fourth-order valence-electron chi connectivity index (χ4n) is 4.02. The highest BCUT2D eigenvalue weighted by atomic mass is 32.2. The van der Waals surface area contributed by atoms with E-state index in [4.69, 9.17) is 14.2 Å². The smallest absolute Gasteiger partial charge is 0.277 e. The van der Waals surface area contributed by atoms with Gasteiger partial charge in [0.05, 0.1) is 30.7 Å². The maximum Gasteiger partial charge on any atom is 0.277 e. The summed E-state index contributed by atoms with van der Waals surface area (Å²) in [6.07, 6.45) is 5.16. The van der Waals surface area contributed by atoms with Crippen molar-refractivity contribution >= 4 is 41.3 Å². The van der Waals surface area contributed by atoms with Crippen LogP contribution in [0.5, 0.6) is 17.2 Å². The molecule has 34 heavy (non-hydrogen) atoms. The lowest BCUT2D eigenvalue weighted by Gasteiger charge is -2.30. The number of hydrogen-bond donors (Lipinski definition) is 1. The standard InChI is InChI=1S/C25H31N3O4S2/c1-30-22-15-21(28-10-4-3-5-11-28)23(31-2)14-19(22)16-26-27-24(29)17-32-20-8-6-18(7-9-20)25-33-12-13-34-25/h6-9,14-16,25H,3-5,10-13,17H2,1-2H3,(H,27,29)/b26-16-. The first kappa shape index (κ1) is 24.6. The van der Waals surface area contributed by atoms with Crippen LogP contribution in [0.25, 0.3) is 0 Å². The van der Waals surface area contributed by atoms with Gasteiger partial charge in [0.25, 0.3) is 5.91 Å². The van der Waals surface area contributed by atoms with E-state index in [0.29, 0.717) is 16.1 Å². The lowest BCUT2D eigenvalue weighted by Crippen LogP contribution is -2.29. The molecule has 0 atom stereocenters. The van der Waals surface area contributed by atoms with Gasteiger partial charge in [-0.1, -0.05) is 12.1 Å². The molecule has 1 N–H and O–H groups in total. The van der Waals surface area contributed by atoms with Gasteiger partial charge in [-0.25, -0.2) is 5.43 Å². The third-order valence-corrected chi connectivity index (χ3v) is 8.87. The maximum atomic E-state index is 12.2. The van der Waals surface area contributed by atoms with E-state index < -0.39 is 0 Å². The first-order valence-corrected chi connectivity index (χ1v) is 13.6. The zero-order chi connectivity index (χ0) is 23.8. The summed E-state index contributed by atoms with van der Waals surface area (Å²) in [5.74, 6) is 4.14. The number of methoxy groups -OCH3 is 2. The van der Waals surface area contributed by atoms with Gasteiger partial charge in [0, 0.05) is 36.2 Å². The maximum absolute atomic E-state index is 12.2. The normalized spacial score (nSPS) is 16.6. The first-order valence-electron chi connectivity index (χ1n) is 11.5. The Morgan fingerprint density at radius 2 is 1.76 bits per heavy atom. The Morgan fingerprint density at radius 1 is 1.06 bits per heavy atom. The summed E-state index contributed by atoms with van der Waals surface area (Å²) in [5.41, 5.74) is 5.54. The Kier molecular flexibility index (Phi) is 8.87. The molecule has 1 amide bonds. The zero-order valence-corrected chi connectivity index (χ0v) is 21.3. The molecule has 0 unspecified atom stereocenters. The van der Waals surface area contributed by atoms with Crippen molar-refractivity contribution in [3.05, 3.63) is 47.5 Å². The minimum absolute atomic E-state index is 0.113. The summed E-state index contributed by atoms with van der Waals surface area (Å²) >= 11 is 3.92. The number of piperidine rings is 1. The third-order valence-electron chi connectivity index (χ3n) is 5.76. The van der Waals surface area contributed by atoms with Crippen LogP contribution in [0, 0.1) is 0 Å². The number of benzene rings is 2. The number of rotatable bonds is 9. The molecular formula is C25H31N3O4S2. The number of nitrogens with one attached hydrogen (secondary N) is 1. The predicted octanol–water partition coefficient (Wildman–Crippen LogP) is 4.70. The summed E-state index contributed by atoms with van der Waals surface area (Å²) < 4.78 is 17.3. The van der Waals surface area contributed by atoms with Gasteiger partial charge < -0.3 is 19.1 Å². The second-order valence-electron chi connectivity index (χ2n) is 8.04. The molecule has 7 nitrogen and oxygen atoms in total. The molecule has 9 heteroatoms. The molecule has 0 spiro atoms. The van der Waals surface area contributed by atoms with Crippen LogP contribution < -0.4 is 24.5 Å². The second kappa shape index (κ2) is 12.3. The molecule has 0 aliphatic carbocycles. The van der Waals surface area contributed by atoms with E-state index in [0.717, 1.165) is 30.1 Å². The van der Waals surface area contributed by atoms with E-state index in [9.17, 15) is 4.79 Å². The molecule has 2 aliphatic heterocycles. The molecule has 2 saturated heterocycles. The van der Waals surface area contributed by atoms with E-state index in [-0.39, 0.29) is 12.5 Å². The van der Waals surface area contributed by atoms with Gasteiger partial charge in [0.15, 0.2) is 6.61 Å². The number of hydrazone groups is 1. The average Bonchev–Trinajstić information content (AvgIpc) is 3.43. The Bertz CT molecular complexity index is 988. The SMILES string of the molecule is COc1cc(N2CCCCC2)c(OC)cc1/C=N\NC(=O)COc1ccc(C2SCCS2)cc1. The average molecular weight is 502 g/mol. The predicted molar refractivity (Wildman–Crippen MR) is 141 cm³/mol. The van der Waals surface area contributed by atoms with Gasteiger partial charge in [-0.05, 0) is 43.0 Å². The molecule has 0 aromatic heterocycles. The number of thioether (sulfide) groups is 2. The van der Waals surface area contributed by atoms with Crippen molar-refractivity contribution in [2.75, 3.05) is 50.3 Å². The van der Waals surface area contributed by atoms with Crippen LogP contribution in [0.3, 0.4) is 0 Å². The topological polar surface area (TPSA) is 72.4 Å². The van der Waals surface area contributed by atoms with Gasteiger partial charge in [-0.3, -0.25) is 4.79 Å². The van der Waals surface area contributed by atoms with E-state index in [1.807, 2.05) is 47.8 Å². The van der Waals surface area contributed by atoms with Crippen LogP contribution >= 0.6 is 23.5 Å². The van der Waals surface area contributed by atoms with Crippen LogP contribution in [0.4, 0.5) is 5.69 Å². The molecule has 0 bridgehead atoms. The highest BCUT2D eigenvalue weighted by Gasteiger charge is 2.19. The molecule has 2 fully saturated rings. The van der Waals surface area contributed by atoms with Gasteiger partial charge in [0.1, 0.15) is 17.2 Å². The number of ether oxygens (including phenoxy) is 3. The number of amides is 1. The Balaban J connectivity index is 1.32. The fourth-order valence-corrected chi connectivity index (χ4v) is 6.87. The van der Waals surface area contributed by atoms with Crippen LogP contribution in [-0.4, -0.2) is 57.5 Å². The molecule has 2 aliphatic rings. The van der Waals surface area contributed by atoms with E-state index in [1.54, 1.807) is 20.4 Å². The number of hydrogen-bond acceptors (Lipinski definition) is 8. The molecule has 2 aromatic rings. The lowest BCUT2D eigenvalue weighted by atomic mass is 10.1. The molecular weight excluding hydrogens is 470 g/mol. The number of carbonyl (C=O) groups excluding carboxylic acids is 1. The Morgan fingerprint density at radius 3 is 2.44 bits per heavy atom. The van der Waals surface area contributed by atoms with Gasteiger partial charge in [0.2, 0.25) is 0 Å². The minimum atomic E-state index is -0.335. The van der Waals surface area contributed by atoms with Crippen LogP contribution in [0.2, 0.25) is 0 Å². The van der Waals surface area contributed by atoms with Crippen molar-refractivity contribution < 1.29 is 19.0 Å². The van der Waals surface area contributed by atoms with Crippen molar-refractivity contribution in [3.63, 3.8) is 0 Å². The number of carbonyl (C=O) groups is 1. The van der Waals surface area contributed by atoms with Crippen molar-refractivity contribution in [2.24, 2.45) is 5.10 Å². The molecule has 0 radical (unpaired) electrons. The first-order chi connectivity index (χ1) is 16.7. The highest BCUT2D eigenvalue weighted by Crippen LogP contribution is 2.45. The van der Waals surface area contributed by atoms with Crippen LogP contribution in [-0.2, 0) is 4.79 Å². The summed E-state index contributed by atoms with van der Waals surface area (Å²) in [5, 5.41) is 4.09. The summed E-state index contributed by atoms with van der Waals surface area (Å²) in [4.78, 5) is 14.5. The fraction of sp³-hybridized carbons (Fsp3) is 0.440. The van der Waals surface area contributed by atoms with Crippen LogP contribution in [0.15, 0.2) is 41.5 Å². The lowest BCUT2D eigenvalue weighted by molar-refractivity contribution is -0.123. The summed E-state index contributed by atoms with van der Waals surface area (Å²) in [6, 6.07) is 11.8. The van der Waals surface area contributed by atoms with E-state index in [2.05, 4.69) is 27.6 Å². The summed E-state index contributed by atoms with van der Waals surface area (Å²) in [7, 11) is 3.29. The molecule has 182 valence electrons. The minimum Gasteiger partial charge on any atom is -0.496 e. The Labute approximate surface area is 209 Å². The molecule has 0 saturated carbocycles. The highest BCUT2D eigenvalue weighted by molar-refractivity contribution is 8.19.